The monoisotopic (exact) mass is 291 g/mol. The Balaban J connectivity index is 1.71. The molecule has 0 aromatic carbocycles. The van der Waals surface area contributed by atoms with Crippen molar-refractivity contribution in [3.63, 3.8) is 0 Å². The van der Waals surface area contributed by atoms with Crippen LogP contribution >= 0.6 is 0 Å². The second kappa shape index (κ2) is 6.44. The Labute approximate surface area is 128 Å². The van der Waals surface area contributed by atoms with Crippen molar-refractivity contribution in [1.29, 1.82) is 0 Å². The summed E-state index contributed by atoms with van der Waals surface area (Å²) in [5.41, 5.74) is 1.47. The maximum atomic E-state index is 4.29. The quantitative estimate of drug-likeness (QED) is 0.923. The standard InChI is InChI=1S/C16H29N5/c1-3-7-15-10-17-16(8-5-4-6-9-16)13-21(15)12-14-11-20(2)19-18-14/h11,15,17H,3-10,12-13H2,1-2H3. The molecule has 5 nitrogen and oxygen atoms in total. The smallest absolute Gasteiger partial charge is 0.0967 e. The SMILES string of the molecule is CCCC1CNC2(CCCCC2)CN1Cc1cn(C)nn1. The van der Waals surface area contributed by atoms with Crippen molar-refractivity contribution >= 4 is 0 Å². The summed E-state index contributed by atoms with van der Waals surface area (Å²) in [4.78, 5) is 2.66. The highest BCUT2D eigenvalue weighted by Gasteiger charge is 2.39. The molecule has 0 radical (unpaired) electrons. The van der Waals surface area contributed by atoms with E-state index in [0.717, 1.165) is 18.8 Å². The van der Waals surface area contributed by atoms with Gasteiger partial charge in [-0.1, -0.05) is 37.8 Å². The lowest BCUT2D eigenvalue weighted by molar-refractivity contribution is 0.0453. The van der Waals surface area contributed by atoms with E-state index in [1.54, 1.807) is 0 Å². The van der Waals surface area contributed by atoms with E-state index in [2.05, 4.69) is 33.6 Å². The molecule has 21 heavy (non-hydrogen) atoms. The van der Waals surface area contributed by atoms with Crippen LogP contribution in [0.2, 0.25) is 0 Å². The maximum Gasteiger partial charge on any atom is 0.0967 e. The molecule has 0 bridgehead atoms. The maximum absolute atomic E-state index is 4.29. The van der Waals surface area contributed by atoms with E-state index in [9.17, 15) is 0 Å². The van der Waals surface area contributed by atoms with E-state index in [4.69, 9.17) is 0 Å². The van der Waals surface area contributed by atoms with Gasteiger partial charge in [-0.3, -0.25) is 9.58 Å². The molecule has 2 fully saturated rings. The number of piperazine rings is 1. The van der Waals surface area contributed by atoms with E-state index in [1.165, 1.54) is 51.5 Å². The summed E-state index contributed by atoms with van der Waals surface area (Å²) in [6.07, 6.45) is 11.4. The summed E-state index contributed by atoms with van der Waals surface area (Å²) in [6.45, 7) is 5.54. The fourth-order valence-corrected chi connectivity index (χ4v) is 4.08. The van der Waals surface area contributed by atoms with Gasteiger partial charge in [0.2, 0.25) is 0 Å². The largest absolute Gasteiger partial charge is 0.308 e. The first-order chi connectivity index (χ1) is 10.2. The van der Waals surface area contributed by atoms with Gasteiger partial charge >= 0.3 is 0 Å². The highest BCUT2D eigenvalue weighted by Crippen LogP contribution is 2.33. The summed E-state index contributed by atoms with van der Waals surface area (Å²) in [5, 5.41) is 12.3. The first-order valence-corrected chi connectivity index (χ1v) is 8.55. The number of aromatic nitrogens is 3. The van der Waals surface area contributed by atoms with Crippen LogP contribution in [0.1, 0.15) is 57.6 Å². The Morgan fingerprint density at radius 2 is 2.14 bits per heavy atom. The highest BCUT2D eigenvalue weighted by atomic mass is 15.4. The van der Waals surface area contributed by atoms with Crippen molar-refractivity contribution in [2.24, 2.45) is 7.05 Å². The number of hydrogen-bond acceptors (Lipinski definition) is 4. The van der Waals surface area contributed by atoms with E-state index < -0.39 is 0 Å². The normalized spacial score (nSPS) is 26.3. The summed E-state index contributed by atoms with van der Waals surface area (Å²) in [6, 6.07) is 0.643. The van der Waals surface area contributed by atoms with Crippen LogP contribution in [0.5, 0.6) is 0 Å². The van der Waals surface area contributed by atoms with E-state index in [0.29, 0.717) is 11.6 Å². The second-order valence-corrected chi connectivity index (χ2v) is 6.95. The molecule has 1 aliphatic carbocycles. The van der Waals surface area contributed by atoms with Gasteiger partial charge in [0.25, 0.3) is 0 Å². The van der Waals surface area contributed by atoms with E-state index >= 15 is 0 Å². The van der Waals surface area contributed by atoms with Gasteiger partial charge in [0.05, 0.1) is 5.69 Å². The fourth-order valence-electron chi connectivity index (χ4n) is 4.08. The van der Waals surface area contributed by atoms with Crippen LogP contribution in [0.15, 0.2) is 6.20 Å². The number of hydrogen-bond donors (Lipinski definition) is 1. The van der Waals surface area contributed by atoms with Crippen LogP contribution in [0, 0.1) is 0 Å². The van der Waals surface area contributed by atoms with Gasteiger partial charge in [-0.15, -0.1) is 5.10 Å². The van der Waals surface area contributed by atoms with Gasteiger partial charge in [-0.2, -0.15) is 0 Å². The highest BCUT2D eigenvalue weighted by molar-refractivity contribution is 5.02. The molecular formula is C16H29N5. The van der Waals surface area contributed by atoms with Crippen LogP contribution in [-0.2, 0) is 13.6 Å². The van der Waals surface area contributed by atoms with Crippen LogP contribution in [-0.4, -0.2) is 44.6 Å². The van der Waals surface area contributed by atoms with Gasteiger partial charge in [-0.05, 0) is 19.3 Å². The lowest BCUT2D eigenvalue weighted by Gasteiger charge is -2.49. The molecule has 1 spiro atoms. The van der Waals surface area contributed by atoms with Crippen LogP contribution < -0.4 is 5.32 Å². The molecule has 118 valence electrons. The predicted molar refractivity (Wildman–Crippen MR) is 83.9 cm³/mol. The van der Waals surface area contributed by atoms with Crippen molar-refractivity contribution in [2.45, 2.75) is 70.0 Å². The Morgan fingerprint density at radius 3 is 2.81 bits per heavy atom. The van der Waals surface area contributed by atoms with Crippen LogP contribution in [0.4, 0.5) is 0 Å². The molecule has 1 aromatic rings. The van der Waals surface area contributed by atoms with Gasteiger partial charge in [0.1, 0.15) is 0 Å². The molecule has 1 saturated heterocycles. The Hall–Kier alpha value is -0.940. The first-order valence-electron chi connectivity index (χ1n) is 8.55. The minimum absolute atomic E-state index is 0.366. The molecule has 1 atom stereocenters. The second-order valence-electron chi connectivity index (χ2n) is 6.95. The summed E-state index contributed by atoms with van der Waals surface area (Å²) in [7, 11) is 1.94. The molecule has 1 aromatic heterocycles. The third kappa shape index (κ3) is 3.46. The zero-order valence-electron chi connectivity index (χ0n) is 13.5. The average Bonchev–Trinajstić information content (AvgIpc) is 2.88. The Morgan fingerprint density at radius 1 is 1.33 bits per heavy atom. The molecule has 3 rings (SSSR count). The molecule has 2 heterocycles. The Bertz CT molecular complexity index is 449. The molecular weight excluding hydrogens is 262 g/mol. The van der Waals surface area contributed by atoms with Crippen LogP contribution in [0.3, 0.4) is 0 Å². The minimum Gasteiger partial charge on any atom is -0.308 e. The van der Waals surface area contributed by atoms with Crippen LogP contribution in [0.25, 0.3) is 0 Å². The molecule has 0 amide bonds. The zero-order chi connectivity index (χ0) is 14.7. The lowest BCUT2D eigenvalue weighted by Crippen LogP contribution is -2.64. The lowest BCUT2D eigenvalue weighted by atomic mass is 9.79. The third-order valence-electron chi connectivity index (χ3n) is 5.18. The zero-order valence-corrected chi connectivity index (χ0v) is 13.5. The van der Waals surface area contributed by atoms with E-state index in [1.807, 2.05) is 11.7 Å². The third-order valence-corrected chi connectivity index (χ3v) is 5.18. The first kappa shape index (κ1) is 15.0. The van der Waals surface area contributed by atoms with Gasteiger partial charge in [0.15, 0.2) is 0 Å². The Kier molecular flexibility index (Phi) is 4.60. The number of aryl methyl sites for hydroxylation is 1. The molecule has 1 saturated carbocycles. The summed E-state index contributed by atoms with van der Waals surface area (Å²) < 4.78 is 1.81. The fraction of sp³-hybridized carbons (Fsp3) is 0.875. The van der Waals surface area contributed by atoms with Crippen molar-refractivity contribution in [1.82, 2.24) is 25.2 Å². The summed E-state index contributed by atoms with van der Waals surface area (Å²) in [5.74, 6) is 0. The van der Waals surface area contributed by atoms with E-state index in [-0.39, 0.29) is 0 Å². The number of nitrogens with zero attached hydrogens (tertiary/aromatic N) is 4. The topological polar surface area (TPSA) is 46.0 Å². The molecule has 1 aliphatic heterocycles. The number of rotatable bonds is 4. The van der Waals surface area contributed by atoms with Crippen molar-refractivity contribution in [3.8, 4) is 0 Å². The molecule has 2 aliphatic rings. The minimum atomic E-state index is 0.366. The van der Waals surface area contributed by atoms with Crippen molar-refractivity contribution < 1.29 is 0 Å². The molecule has 1 unspecified atom stereocenters. The average molecular weight is 291 g/mol. The van der Waals surface area contributed by atoms with Crippen molar-refractivity contribution in [3.05, 3.63) is 11.9 Å². The van der Waals surface area contributed by atoms with Gasteiger partial charge in [-0.25, -0.2) is 0 Å². The van der Waals surface area contributed by atoms with Crippen molar-refractivity contribution in [2.75, 3.05) is 13.1 Å². The van der Waals surface area contributed by atoms with Gasteiger partial charge < -0.3 is 5.32 Å². The molecule has 5 heteroatoms. The number of nitrogens with one attached hydrogen (secondary N) is 1. The predicted octanol–water partition coefficient (Wildman–Crippen LogP) is 2.09. The van der Waals surface area contributed by atoms with Gasteiger partial charge in [0, 0.05) is 44.5 Å². The molecule has 1 N–H and O–H groups in total. The summed E-state index contributed by atoms with van der Waals surface area (Å²) >= 11 is 0.